The Labute approximate surface area is 102 Å². The Balaban J connectivity index is 1.65. The minimum Gasteiger partial charge on any atom is -0.508 e. The molecule has 4 rings (SSSR count). The summed E-state index contributed by atoms with van der Waals surface area (Å²) in [6, 6.07) is 7.91. The average molecular weight is 226 g/mol. The fraction of sp³-hybridized carbons (Fsp3) is 0.500. The highest BCUT2D eigenvalue weighted by molar-refractivity contribution is 5.31. The van der Waals surface area contributed by atoms with Gasteiger partial charge in [0.2, 0.25) is 0 Å². The van der Waals surface area contributed by atoms with Crippen molar-refractivity contribution in [3.63, 3.8) is 0 Å². The third-order valence-electron chi connectivity index (χ3n) is 5.33. The Morgan fingerprint density at radius 3 is 2.65 bits per heavy atom. The number of hydrogen-bond donors (Lipinski definition) is 1. The molecule has 0 saturated heterocycles. The topological polar surface area (TPSA) is 20.2 Å². The highest BCUT2D eigenvalue weighted by Crippen LogP contribution is 2.61. The number of hydrogen-bond acceptors (Lipinski definition) is 1. The molecule has 0 radical (unpaired) electrons. The summed E-state index contributed by atoms with van der Waals surface area (Å²) >= 11 is 0. The first-order valence-electron chi connectivity index (χ1n) is 6.78. The van der Waals surface area contributed by atoms with Crippen molar-refractivity contribution in [2.45, 2.75) is 25.2 Å². The molecule has 5 atom stereocenters. The quantitative estimate of drug-likeness (QED) is 0.724. The van der Waals surface area contributed by atoms with Crippen molar-refractivity contribution < 1.29 is 5.11 Å². The van der Waals surface area contributed by atoms with Crippen LogP contribution in [0.4, 0.5) is 0 Å². The molecule has 0 aromatic heterocycles. The molecule has 0 spiro atoms. The van der Waals surface area contributed by atoms with Crippen molar-refractivity contribution >= 4 is 0 Å². The second kappa shape index (κ2) is 3.38. The first-order chi connectivity index (χ1) is 8.33. The lowest BCUT2D eigenvalue weighted by atomic mass is 9.73. The summed E-state index contributed by atoms with van der Waals surface area (Å²) in [6.45, 7) is 0. The van der Waals surface area contributed by atoms with E-state index in [1.165, 1.54) is 24.8 Å². The van der Waals surface area contributed by atoms with Crippen molar-refractivity contribution in [1.29, 1.82) is 0 Å². The van der Waals surface area contributed by atoms with E-state index >= 15 is 0 Å². The minimum atomic E-state index is 0.385. The number of phenolic OH excluding ortho intramolecular Hbond substituents is 1. The fourth-order valence-electron chi connectivity index (χ4n) is 4.65. The maximum absolute atomic E-state index is 9.37. The lowest BCUT2D eigenvalue weighted by Gasteiger charge is -2.31. The number of fused-ring (bicyclic) bond motifs is 5. The van der Waals surface area contributed by atoms with Gasteiger partial charge in [0.15, 0.2) is 0 Å². The van der Waals surface area contributed by atoms with Gasteiger partial charge in [-0.2, -0.15) is 0 Å². The molecule has 2 bridgehead atoms. The number of benzene rings is 1. The molecule has 3 aliphatic carbocycles. The summed E-state index contributed by atoms with van der Waals surface area (Å²) in [5.41, 5.74) is 1.44. The molecular formula is C16H18O. The van der Waals surface area contributed by atoms with Gasteiger partial charge in [0.05, 0.1) is 0 Å². The van der Waals surface area contributed by atoms with Crippen LogP contribution in [0.1, 0.15) is 30.7 Å². The Bertz CT molecular complexity index is 459. The average Bonchev–Trinajstić information content (AvgIpc) is 3.02. The van der Waals surface area contributed by atoms with E-state index in [1.54, 1.807) is 0 Å². The summed E-state index contributed by atoms with van der Waals surface area (Å²) in [4.78, 5) is 0. The zero-order valence-electron chi connectivity index (χ0n) is 9.92. The third-order valence-corrected chi connectivity index (χ3v) is 5.33. The summed E-state index contributed by atoms with van der Waals surface area (Å²) in [5, 5.41) is 9.37. The lowest BCUT2D eigenvalue weighted by molar-refractivity contribution is 0.257. The van der Waals surface area contributed by atoms with Crippen LogP contribution < -0.4 is 0 Å². The normalized spacial score (nSPS) is 42.0. The standard InChI is InChI=1S/C16H18O/c17-12-6-4-10(5-7-12)15-8-11-9-16(15)14-3-1-2-13(11)14/h1,3-7,11,13-17H,2,8-9H2/t11-,13+,14-,15+,16+/m0/s1. The van der Waals surface area contributed by atoms with Crippen molar-refractivity contribution in [3.8, 4) is 5.75 Å². The van der Waals surface area contributed by atoms with Crippen LogP contribution in [0.25, 0.3) is 0 Å². The van der Waals surface area contributed by atoms with Gasteiger partial charge in [-0.15, -0.1) is 0 Å². The number of allylic oxidation sites excluding steroid dienone is 2. The number of rotatable bonds is 1. The molecule has 0 aliphatic heterocycles. The zero-order valence-corrected chi connectivity index (χ0v) is 9.92. The van der Waals surface area contributed by atoms with Crippen LogP contribution >= 0.6 is 0 Å². The molecule has 88 valence electrons. The molecule has 17 heavy (non-hydrogen) atoms. The van der Waals surface area contributed by atoms with E-state index in [2.05, 4.69) is 24.3 Å². The van der Waals surface area contributed by atoms with Gasteiger partial charge >= 0.3 is 0 Å². The highest BCUT2D eigenvalue weighted by atomic mass is 16.3. The second-order valence-corrected chi connectivity index (χ2v) is 6.00. The smallest absolute Gasteiger partial charge is 0.115 e. The van der Waals surface area contributed by atoms with Crippen LogP contribution in [0.5, 0.6) is 5.75 Å². The molecule has 2 saturated carbocycles. The van der Waals surface area contributed by atoms with E-state index in [-0.39, 0.29) is 0 Å². The number of phenols is 1. The fourth-order valence-corrected chi connectivity index (χ4v) is 4.65. The van der Waals surface area contributed by atoms with Crippen molar-refractivity contribution in [1.82, 2.24) is 0 Å². The Kier molecular flexibility index (Phi) is 1.94. The predicted octanol–water partition coefficient (Wildman–Crippen LogP) is 3.71. The molecule has 1 aromatic rings. The van der Waals surface area contributed by atoms with Gasteiger partial charge in [-0.3, -0.25) is 0 Å². The van der Waals surface area contributed by atoms with Crippen molar-refractivity contribution in [2.75, 3.05) is 0 Å². The molecule has 1 N–H and O–H groups in total. The Morgan fingerprint density at radius 2 is 1.82 bits per heavy atom. The van der Waals surface area contributed by atoms with Crippen LogP contribution in [0.15, 0.2) is 36.4 Å². The lowest BCUT2D eigenvalue weighted by Crippen LogP contribution is -2.23. The molecular weight excluding hydrogens is 208 g/mol. The first-order valence-corrected chi connectivity index (χ1v) is 6.78. The van der Waals surface area contributed by atoms with Crippen LogP contribution in [0.3, 0.4) is 0 Å². The first kappa shape index (κ1) is 9.76. The summed E-state index contributed by atoms with van der Waals surface area (Å²) in [7, 11) is 0. The monoisotopic (exact) mass is 226 g/mol. The maximum Gasteiger partial charge on any atom is 0.115 e. The van der Waals surface area contributed by atoms with Crippen LogP contribution in [0, 0.1) is 23.7 Å². The van der Waals surface area contributed by atoms with Gasteiger partial charge in [-0.05, 0) is 66.5 Å². The largest absolute Gasteiger partial charge is 0.508 e. The predicted molar refractivity (Wildman–Crippen MR) is 67.8 cm³/mol. The van der Waals surface area contributed by atoms with Gasteiger partial charge in [-0.1, -0.05) is 24.3 Å². The van der Waals surface area contributed by atoms with Gasteiger partial charge in [0.25, 0.3) is 0 Å². The van der Waals surface area contributed by atoms with E-state index in [9.17, 15) is 5.11 Å². The highest BCUT2D eigenvalue weighted by Gasteiger charge is 2.52. The Hall–Kier alpha value is -1.24. The van der Waals surface area contributed by atoms with E-state index in [0.717, 1.165) is 29.6 Å². The molecule has 0 unspecified atom stereocenters. The summed E-state index contributed by atoms with van der Waals surface area (Å²) in [5.74, 6) is 4.77. The van der Waals surface area contributed by atoms with Gasteiger partial charge in [-0.25, -0.2) is 0 Å². The zero-order chi connectivity index (χ0) is 11.4. The van der Waals surface area contributed by atoms with E-state index < -0.39 is 0 Å². The maximum atomic E-state index is 9.37. The summed E-state index contributed by atoms with van der Waals surface area (Å²) in [6.07, 6.45) is 9.01. The molecule has 3 aliphatic rings. The van der Waals surface area contributed by atoms with E-state index in [1.807, 2.05) is 12.1 Å². The third kappa shape index (κ3) is 1.31. The second-order valence-electron chi connectivity index (χ2n) is 6.00. The molecule has 0 heterocycles. The molecule has 1 heteroatoms. The van der Waals surface area contributed by atoms with Crippen LogP contribution in [0.2, 0.25) is 0 Å². The SMILES string of the molecule is Oc1ccc([C@H]2C[C@H]3C[C@@H]2[C@H]2C=CC[C@H]32)cc1. The van der Waals surface area contributed by atoms with Crippen molar-refractivity contribution in [2.24, 2.45) is 23.7 Å². The van der Waals surface area contributed by atoms with E-state index in [4.69, 9.17) is 0 Å². The van der Waals surface area contributed by atoms with Crippen LogP contribution in [-0.4, -0.2) is 5.11 Å². The minimum absolute atomic E-state index is 0.385. The molecule has 1 nitrogen and oxygen atoms in total. The van der Waals surface area contributed by atoms with Crippen LogP contribution in [-0.2, 0) is 0 Å². The van der Waals surface area contributed by atoms with Gasteiger partial charge in [0, 0.05) is 0 Å². The summed E-state index contributed by atoms with van der Waals surface area (Å²) < 4.78 is 0. The Morgan fingerprint density at radius 1 is 1.00 bits per heavy atom. The molecule has 1 aromatic carbocycles. The molecule has 0 amide bonds. The van der Waals surface area contributed by atoms with Gasteiger partial charge in [0.1, 0.15) is 5.75 Å². The number of aromatic hydroxyl groups is 1. The van der Waals surface area contributed by atoms with Gasteiger partial charge < -0.3 is 5.11 Å². The van der Waals surface area contributed by atoms with E-state index in [0.29, 0.717) is 5.75 Å². The van der Waals surface area contributed by atoms with Crippen molar-refractivity contribution in [3.05, 3.63) is 42.0 Å². The molecule has 2 fully saturated rings.